The zero-order valence-corrected chi connectivity index (χ0v) is 9.24. The summed E-state index contributed by atoms with van der Waals surface area (Å²) in [6, 6.07) is 11.0. The average molecular weight is 234 g/mol. The van der Waals surface area contributed by atoms with Crippen molar-refractivity contribution in [2.75, 3.05) is 0 Å². The summed E-state index contributed by atoms with van der Waals surface area (Å²) in [6.07, 6.45) is 1.74. The smallest absolute Gasteiger partial charge is 0.357 e. The zero-order valence-electron chi connectivity index (χ0n) is 8.42. The van der Waals surface area contributed by atoms with Crippen LogP contribution in [0.2, 0.25) is 0 Å². The Hall–Kier alpha value is -1.65. The lowest BCUT2D eigenvalue weighted by Crippen LogP contribution is -1.98. The molecule has 0 radical (unpaired) electrons. The van der Waals surface area contributed by atoms with E-state index in [4.69, 9.17) is 8.74 Å². The van der Waals surface area contributed by atoms with Crippen LogP contribution >= 0.6 is 0 Å². The fraction of sp³-hybridized carbons (Fsp3) is 0. The normalized spacial score (nSPS) is 12.3. The SMILES string of the molecule is C=Cc1ccc(OS(=O)O)c2ccccc12. The predicted octanol–water partition coefficient (Wildman–Crippen LogP) is 3.00. The van der Waals surface area contributed by atoms with Gasteiger partial charge in [0.25, 0.3) is 0 Å². The van der Waals surface area contributed by atoms with Gasteiger partial charge < -0.3 is 4.18 Å². The Balaban J connectivity index is 2.69. The highest BCUT2D eigenvalue weighted by atomic mass is 32.2. The lowest BCUT2D eigenvalue weighted by atomic mass is 10.0. The van der Waals surface area contributed by atoms with E-state index in [1.165, 1.54) is 0 Å². The fourth-order valence-corrected chi connectivity index (χ4v) is 1.92. The van der Waals surface area contributed by atoms with Gasteiger partial charge in [-0.3, -0.25) is 4.55 Å². The number of rotatable bonds is 3. The van der Waals surface area contributed by atoms with Gasteiger partial charge >= 0.3 is 11.4 Å². The molecule has 2 aromatic rings. The molecule has 1 unspecified atom stereocenters. The molecule has 0 aliphatic carbocycles. The van der Waals surface area contributed by atoms with Crippen LogP contribution < -0.4 is 4.18 Å². The van der Waals surface area contributed by atoms with Crippen molar-refractivity contribution < 1.29 is 12.9 Å². The van der Waals surface area contributed by atoms with Crippen LogP contribution in [0.15, 0.2) is 43.0 Å². The molecule has 0 heterocycles. The minimum Gasteiger partial charge on any atom is -0.379 e. The Morgan fingerprint density at radius 2 is 1.88 bits per heavy atom. The van der Waals surface area contributed by atoms with Crippen molar-refractivity contribution in [3.63, 3.8) is 0 Å². The van der Waals surface area contributed by atoms with Gasteiger partial charge in [0, 0.05) is 5.39 Å². The predicted molar refractivity (Wildman–Crippen MR) is 65.4 cm³/mol. The van der Waals surface area contributed by atoms with Crippen molar-refractivity contribution in [3.05, 3.63) is 48.5 Å². The number of hydrogen-bond donors (Lipinski definition) is 1. The van der Waals surface area contributed by atoms with Gasteiger partial charge in [-0.2, -0.15) is 4.21 Å². The topological polar surface area (TPSA) is 46.5 Å². The summed E-state index contributed by atoms with van der Waals surface area (Å²) < 4.78 is 24.2. The summed E-state index contributed by atoms with van der Waals surface area (Å²) in [5.74, 6) is 0.391. The van der Waals surface area contributed by atoms with E-state index in [2.05, 4.69) is 6.58 Å². The molecule has 0 aromatic heterocycles. The second-order valence-corrected chi connectivity index (χ2v) is 3.80. The molecule has 82 valence electrons. The molecule has 1 atom stereocenters. The standard InChI is InChI=1S/C12H10O3S/c1-2-9-7-8-12(15-16(13)14)11-6-4-3-5-10(9)11/h2-8H,1H2,(H,13,14). The molecule has 0 spiro atoms. The van der Waals surface area contributed by atoms with E-state index in [0.717, 1.165) is 16.3 Å². The first-order valence-corrected chi connectivity index (χ1v) is 5.69. The summed E-state index contributed by atoms with van der Waals surface area (Å²) >= 11 is -2.31. The lowest BCUT2D eigenvalue weighted by molar-refractivity contribution is 0.460. The third-order valence-corrected chi connectivity index (χ3v) is 2.62. The van der Waals surface area contributed by atoms with Gasteiger partial charge in [0.1, 0.15) is 5.75 Å². The highest BCUT2D eigenvalue weighted by Crippen LogP contribution is 2.29. The molecule has 1 N–H and O–H groups in total. The zero-order chi connectivity index (χ0) is 11.5. The molecule has 0 fully saturated rings. The molecule has 0 aliphatic heterocycles. The summed E-state index contributed by atoms with van der Waals surface area (Å²) in [5, 5.41) is 1.74. The van der Waals surface area contributed by atoms with Gasteiger partial charge in [-0.15, -0.1) is 0 Å². The average Bonchev–Trinajstić information content (AvgIpc) is 2.29. The van der Waals surface area contributed by atoms with E-state index in [1.807, 2.05) is 24.3 Å². The molecule has 16 heavy (non-hydrogen) atoms. The van der Waals surface area contributed by atoms with Crippen molar-refractivity contribution >= 4 is 28.2 Å². The van der Waals surface area contributed by atoms with Crippen molar-refractivity contribution in [2.45, 2.75) is 0 Å². The van der Waals surface area contributed by atoms with Gasteiger partial charge in [0.05, 0.1) is 0 Å². The first-order valence-electron chi connectivity index (χ1n) is 4.65. The van der Waals surface area contributed by atoms with E-state index in [9.17, 15) is 4.21 Å². The van der Waals surface area contributed by atoms with Crippen LogP contribution in [0, 0.1) is 0 Å². The lowest BCUT2D eigenvalue weighted by Gasteiger charge is -2.07. The van der Waals surface area contributed by atoms with Crippen LogP contribution in [-0.4, -0.2) is 8.76 Å². The molecule has 2 rings (SSSR count). The third-order valence-electron chi connectivity index (χ3n) is 2.30. The van der Waals surface area contributed by atoms with Gasteiger partial charge in [0.2, 0.25) is 0 Å². The molecule has 4 heteroatoms. The third kappa shape index (κ3) is 1.98. The highest BCUT2D eigenvalue weighted by molar-refractivity contribution is 7.74. The molecule has 2 aromatic carbocycles. The molecular weight excluding hydrogens is 224 g/mol. The van der Waals surface area contributed by atoms with E-state index >= 15 is 0 Å². The van der Waals surface area contributed by atoms with Crippen LogP contribution in [-0.2, 0) is 11.4 Å². The van der Waals surface area contributed by atoms with Crippen LogP contribution in [0.25, 0.3) is 16.8 Å². The van der Waals surface area contributed by atoms with Crippen LogP contribution in [0.1, 0.15) is 5.56 Å². The first-order chi connectivity index (χ1) is 7.72. The summed E-state index contributed by atoms with van der Waals surface area (Å²) in [4.78, 5) is 0. The highest BCUT2D eigenvalue weighted by Gasteiger charge is 2.06. The molecule has 0 saturated heterocycles. The molecule has 0 bridgehead atoms. The number of benzene rings is 2. The maximum absolute atomic E-state index is 10.6. The van der Waals surface area contributed by atoms with Crippen LogP contribution in [0.3, 0.4) is 0 Å². The Morgan fingerprint density at radius 1 is 1.19 bits per heavy atom. The molecule has 0 amide bonds. The Labute approximate surface area is 95.9 Å². The van der Waals surface area contributed by atoms with E-state index in [1.54, 1.807) is 18.2 Å². The molecule has 0 saturated carbocycles. The van der Waals surface area contributed by atoms with Crippen molar-refractivity contribution in [3.8, 4) is 5.75 Å². The minimum atomic E-state index is -2.31. The number of fused-ring (bicyclic) bond motifs is 1. The summed E-state index contributed by atoms with van der Waals surface area (Å²) in [6.45, 7) is 3.72. The van der Waals surface area contributed by atoms with Crippen molar-refractivity contribution in [2.24, 2.45) is 0 Å². The monoisotopic (exact) mass is 234 g/mol. The molecule has 0 aliphatic rings. The van der Waals surface area contributed by atoms with E-state index < -0.39 is 11.4 Å². The van der Waals surface area contributed by atoms with Gasteiger partial charge in [-0.05, 0) is 17.0 Å². The first kappa shape index (κ1) is 10.9. The van der Waals surface area contributed by atoms with Crippen LogP contribution in [0.4, 0.5) is 0 Å². The van der Waals surface area contributed by atoms with Gasteiger partial charge in [-0.1, -0.05) is 43.0 Å². The van der Waals surface area contributed by atoms with Gasteiger partial charge in [-0.25, -0.2) is 0 Å². The van der Waals surface area contributed by atoms with Crippen molar-refractivity contribution in [1.82, 2.24) is 0 Å². The summed E-state index contributed by atoms with van der Waals surface area (Å²) in [7, 11) is 0. The fourth-order valence-electron chi connectivity index (χ4n) is 1.62. The van der Waals surface area contributed by atoms with Crippen molar-refractivity contribution in [1.29, 1.82) is 0 Å². The second kappa shape index (κ2) is 4.47. The minimum absolute atomic E-state index is 0.391. The Morgan fingerprint density at radius 3 is 2.50 bits per heavy atom. The second-order valence-electron chi connectivity index (χ2n) is 3.20. The molecule has 3 nitrogen and oxygen atoms in total. The van der Waals surface area contributed by atoms with E-state index in [-0.39, 0.29) is 0 Å². The maximum atomic E-state index is 10.6. The Kier molecular flexibility index (Phi) is 3.03. The summed E-state index contributed by atoms with van der Waals surface area (Å²) in [5.41, 5.74) is 0.965. The Bertz CT molecular complexity index is 563. The van der Waals surface area contributed by atoms with E-state index in [0.29, 0.717) is 5.75 Å². The van der Waals surface area contributed by atoms with Gasteiger partial charge in [0.15, 0.2) is 0 Å². The van der Waals surface area contributed by atoms with Crippen LogP contribution in [0.5, 0.6) is 5.75 Å². The quantitative estimate of drug-likeness (QED) is 0.830. The largest absolute Gasteiger partial charge is 0.379 e. The number of hydrogen-bond acceptors (Lipinski definition) is 2. The maximum Gasteiger partial charge on any atom is 0.357 e. The molecular formula is C12H10O3S.